The van der Waals surface area contributed by atoms with Crippen LogP contribution in [0.4, 0.5) is 5.69 Å². The first-order chi connectivity index (χ1) is 10.1. The summed E-state index contributed by atoms with van der Waals surface area (Å²) in [6.45, 7) is 6.28. The Hall–Kier alpha value is -1.26. The molecule has 1 rings (SSSR count). The van der Waals surface area contributed by atoms with Gasteiger partial charge in [-0.1, -0.05) is 13.8 Å². The van der Waals surface area contributed by atoms with Crippen LogP contribution in [0, 0.1) is 0 Å². The van der Waals surface area contributed by atoms with Crippen LogP contribution in [-0.4, -0.2) is 44.5 Å². The number of anilines is 1. The van der Waals surface area contributed by atoms with E-state index in [4.69, 9.17) is 4.74 Å². The maximum absolute atomic E-state index is 9.66. The van der Waals surface area contributed by atoms with Crippen molar-refractivity contribution < 1.29 is 9.84 Å². The van der Waals surface area contributed by atoms with Gasteiger partial charge in [0.1, 0.15) is 5.75 Å². The van der Waals surface area contributed by atoms with E-state index in [0.717, 1.165) is 38.1 Å². The lowest BCUT2D eigenvalue weighted by atomic mass is 9.91. The number of benzene rings is 1. The molecule has 0 aliphatic rings. The zero-order valence-corrected chi connectivity index (χ0v) is 13.9. The number of aliphatic hydroxyl groups excluding tert-OH is 1. The van der Waals surface area contributed by atoms with E-state index in [1.165, 1.54) is 5.69 Å². The predicted molar refractivity (Wildman–Crippen MR) is 89.3 cm³/mol. The molecule has 4 nitrogen and oxygen atoms in total. The monoisotopic (exact) mass is 294 g/mol. The van der Waals surface area contributed by atoms with E-state index in [9.17, 15) is 5.11 Å². The molecule has 1 aromatic rings. The fraction of sp³-hybridized carbons (Fsp3) is 0.647. The van der Waals surface area contributed by atoms with E-state index in [0.29, 0.717) is 0 Å². The summed E-state index contributed by atoms with van der Waals surface area (Å²) in [7, 11) is 3.78. The Morgan fingerprint density at radius 3 is 2.38 bits per heavy atom. The quantitative estimate of drug-likeness (QED) is 0.696. The van der Waals surface area contributed by atoms with Crippen molar-refractivity contribution in [1.29, 1.82) is 0 Å². The second-order valence-corrected chi connectivity index (χ2v) is 5.55. The summed E-state index contributed by atoms with van der Waals surface area (Å²) >= 11 is 0. The first kappa shape index (κ1) is 17.8. The number of ether oxygens (including phenoxy) is 1. The smallest absolute Gasteiger partial charge is 0.119 e. The maximum atomic E-state index is 9.66. The molecular formula is C17H30N2O2. The van der Waals surface area contributed by atoms with Crippen molar-refractivity contribution in [2.24, 2.45) is 0 Å². The molecule has 21 heavy (non-hydrogen) atoms. The fourth-order valence-corrected chi connectivity index (χ4v) is 2.63. The predicted octanol–water partition coefficient (Wildman–Crippen LogP) is 2.66. The molecule has 0 spiro atoms. The number of aliphatic hydroxyl groups is 1. The molecule has 0 amide bonds. The van der Waals surface area contributed by atoms with Gasteiger partial charge in [-0.05, 0) is 50.1 Å². The van der Waals surface area contributed by atoms with Crippen LogP contribution in [0.1, 0.15) is 33.1 Å². The minimum Gasteiger partial charge on any atom is -0.497 e. The molecule has 0 fully saturated rings. The summed E-state index contributed by atoms with van der Waals surface area (Å²) in [6, 6.07) is 8.10. The van der Waals surface area contributed by atoms with E-state index in [-0.39, 0.29) is 12.1 Å². The Balaban J connectivity index is 2.49. The van der Waals surface area contributed by atoms with Gasteiger partial charge in [-0.3, -0.25) is 0 Å². The van der Waals surface area contributed by atoms with Crippen LogP contribution < -0.4 is 15.0 Å². The number of nitrogens with zero attached hydrogens (tertiary/aromatic N) is 1. The average Bonchev–Trinajstić information content (AvgIpc) is 2.54. The number of nitrogens with one attached hydrogen (secondary N) is 1. The molecule has 0 aliphatic carbocycles. The van der Waals surface area contributed by atoms with Crippen molar-refractivity contribution in [3.63, 3.8) is 0 Å². The molecule has 0 saturated carbocycles. The third-order valence-corrected chi connectivity index (χ3v) is 4.19. The van der Waals surface area contributed by atoms with Crippen molar-refractivity contribution in [3.8, 4) is 5.75 Å². The number of methoxy groups -OCH3 is 1. The van der Waals surface area contributed by atoms with Gasteiger partial charge in [-0.2, -0.15) is 0 Å². The summed E-state index contributed by atoms with van der Waals surface area (Å²) in [5, 5.41) is 13.1. The number of hydrogen-bond donors (Lipinski definition) is 2. The van der Waals surface area contributed by atoms with E-state index in [1.54, 1.807) is 7.11 Å². The zero-order valence-electron chi connectivity index (χ0n) is 13.9. The van der Waals surface area contributed by atoms with Gasteiger partial charge in [0, 0.05) is 24.8 Å². The lowest BCUT2D eigenvalue weighted by molar-refractivity contribution is 0.147. The molecule has 0 radical (unpaired) electrons. The Labute approximate surface area is 129 Å². The van der Waals surface area contributed by atoms with Crippen LogP contribution in [0.5, 0.6) is 5.75 Å². The Morgan fingerprint density at radius 1 is 1.24 bits per heavy atom. The SMILES string of the molecule is CCNC(CC)(CO)CCCN(C)c1ccc(OC)cc1. The van der Waals surface area contributed by atoms with Gasteiger partial charge in [0.2, 0.25) is 0 Å². The standard InChI is InChI=1S/C17H30N2O2/c1-5-17(14-20,18-6-2)12-7-13-19(3)15-8-10-16(21-4)11-9-15/h8-11,18,20H,5-7,12-14H2,1-4H3. The van der Waals surface area contributed by atoms with Gasteiger partial charge in [0.05, 0.1) is 13.7 Å². The van der Waals surface area contributed by atoms with Gasteiger partial charge >= 0.3 is 0 Å². The first-order valence-corrected chi connectivity index (χ1v) is 7.82. The zero-order chi connectivity index (χ0) is 15.7. The molecule has 120 valence electrons. The highest BCUT2D eigenvalue weighted by molar-refractivity contribution is 5.48. The highest BCUT2D eigenvalue weighted by Gasteiger charge is 2.25. The fourth-order valence-electron chi connectivity index (χ4n) is 2.63. The summed E-state index contributed by atoms with van der Waals surface area (Å²) in [5.74, 6) is 0.879. The highest BCUT2D eigenvalue weighted by atomic mass is 16.5. The number of likely N-dealkylation sites (N-methyl/N-ethyl adjacent to an activating group) is 1. The van der Waals surface area contributed by atoms with Gasteiger partial charge in [0.15, 0.2) is 0 Å². The normalized spacial score (nSPS) is 13.8. The average molecular weight is 294 g/mol. The Kier molecular flexibility index (Phi) is 7.54. The molecule has 0 saturated heterocycles. The molecule has 1 aromatic carbocycles. The van der Waals surface area contributed by atoms with Gasteiger partial charge in [-0.15, -0.1) is 0 Å². The largest absolute Gasteiger partial charge is 0.497 e. The Bertz CT molecular complexity index is 388. The third-order valence-electron chi connectivity index (χ3n) is 4.19. The van der Waals surface area contributed by atoms with E-state index in [1.807, 2.05) is 12.1 Å². The summed E-state index contributed by atoms with van der Waals surface area (Å²) < 4.78 is 5.18. The van der Waals surface area contributed by atoms with Crippen LogP contribution in [-0.2, 0) is 0 Å². The Morgan fingerprint density at radius 2 is 1.90 bits per heavy atom. The summed E-state index contributed by atoms with van der Waals surface area (Å²) in [5.41, 5.74) is 1.06. The lowest BCUT2D eigenvalue weighted by Gasteiger charge is -2.32. The maximum Gasteiger partial charge on any atom is 0.119 e. The first-order valence-electron chi connectivity index (χ1n) is 7.82. The molecule has 0 aliphatic heterocycles. The van der Waals surface area contributed by atoms with E-state index >= 15 is 0 Å². The summed E-state index contributed by atoms with van der Waals surface area (Å²) in [4.78, 5) is 2.24. The second kappa shape index (κ2) is 8.90. The minimum absolute atomic E-state index is 0.129. The van der Waals surface area contributed by atoms with Gasteiger partial charge in [-0.25, -0.2) is 0 Å². The van der Waals surface area contributed by atoms with Crippen molar-refractivity contribution in [2.45, 2.75) is 38.6 Å². The van der Waals surface area contributed by atoms with Gasteiger partial charge in [0.25, 0.3) is 0 Å². The molecular weight excluding hydrogens is 264 g/mol. The van der Waals surface area contributed by atoms with Crippen LogP contribution in [0.25, 0.3) is 0 Å². The third kappa shape index (κ3) is 5.21. The molecule has 2 N–H and O–H groups in total. The van der Waals surface area contributed by atoms with Crippen molar-refractivity contribution >= 4 is 5.69 Å². The minimum atomic E-state index is -0.129. The lowest BCUT2D eigenvalue weighted by Crippen LogP contribution is -2.48. The van der Waals surface area contributed by atoms with Crippen LogP contribution in [0.3, 0.4) is 0 Å². The number of rotatable bonds is 10. The molecule has 0 heterocycles. The van der Waals surface area contributed by atoms with Crippen molar-refractivity contribution in [2.75, 3.05) is 38.8 Å². The van der Waals surface area contributed by atoms with Crippen LogP contribution >= 0.6 is 0 Å². The summed E-state index contributed by atoms with van der Waals surface area (Å²) in [6.07, 6.45) is 2.97. The molecule has 0 bridgehead atoms. The second-order valence-electron chi connectivity index (χ2n) is 5.55. The van der Waals surface area contributed by atoms with Crippen molar-refractivity contribution in [3.05, 3.63) is 24.3 Å². The van der Waals surface area contributed by atoms with Gasteiger partial charge < -0.3 is 20.1 Å². The van der Waals surface area contributed by atoms with E-state index in [2.05, 4.69) is 43.2 Å². The highest BCUT2D eigenvalue weighted by Crippen LogP contribution is 2.21. The van der Waals surface area contributed by atoms with Crippen LogP contribution in [0.2, 0.25) is 0 Å². The van der Waals surface area contributed by atoms with Crippen LogP contribution in [0.15, 0.2) is 24.3 Å². The molecule has 1 atom stereocenters. The topological polar surface area (TPSA) is 44.7 Å². The molecule has 0 aromatic heterocycles. The molecule has 4 heteroatoms. The molecule has 1 unspecified atom stereocenters. The van der Waals surface area contributed by atoms with E-state index < -0.39 is 0 Å². The number of hydrogen-bond acceptors (Lipinski definition) is 4. The van der Waals surface area contributed by atoms with Crippen molar-refractivity contribution in [1.82, 2.24) is 5.32 Å².